The van der Waals surface area contributed by atoms with E-state index in [9.17, 15) is 0 Å². The smallest absolute Gasteiger partial charge is 0.259 e. The van der Waals surface area contributed by atoms with Gasteiger partial charge in [0.25, 0.3) is 5.88 Å². The van der Waals surface area contributed by atoms with E-state index in [0.717, 1.165) is 0 Å². The fraction of sp³-hybridized carbons (Fsp3) is 0.455. The van der Waals surface area contributed by atoms with Crippen molar-refractivity contribution in [3.8, 4) is 5.88 Å². The number of ether oxygens (including phenoxy) is 3. The highest BCUT2D eigenvalue weighted by Gasteiger charge is 2.07. The van der Waals surface area contributed by atoms with E-state index in [2.05, 4.69) is 25.9 Å². The molecule has 0 saturated heterocycles. The molecule has 0 aliphatic rings. The van der Waals surface area contributed by atoms with Crippen molar-refractivity contribution in [3.63, 3.8) is 0 Å². The Morgan fingerprint density at radius 3 is 2.94 bits per heavy atom. The van der Waals surface area contributed by atoms with Crippen LogP contribution in [0.3, 0.4) is 0 Å². The molecule has 2 aromatic rings. The molecule has 0 aromatic carbocycles. The molecule has 0 unspecified atom stereocenters. The summed E-state index contributed by atoms with van der Waals surface area (Å²) in [5, 5.41) is 0. The van der Waals surface area contributed by atoms with Gasteiger partial charge in [0.1, 0.15) is 11.2 Å². The summed E-state index contributed by atoms with van der Waals surface area (Å²) < 4.78 is 18.3. The molecule has 0 amide bonds. The van der Waals surface area contributed by atoms with Crippen LogP contribution >= 0.6 is 15.9 Å². The molecule has 6 nitrogen and oxygen atoms in total. The molecule has 0 N–H and O–H groups in total. The molecule has 2 rings (SSSR count). The first-order chi connectivity index (χ1) is 8.81. The summed E-state index contributed by atoms with van der Waals surface area (Å²) in [4.78, 5) is 8.42. The lowest BCUT2D eigenvalue weighted by Gasteiger charge is -2.07. The number of fused-ring (bicyclic) bond motifs is 1. The first kappa shape index (κ1) is 13.3. The van der Waals surface area contributed by atoms with Gasteiger partial charge in [-0.3, -0.25) is 4.40 Å². The highest BCUT2D eigenvalue weighted by molar-refractivity contribution is 9.10. The molecule has 0 spiro atoms. The van der Waals surface area contributed by atoms with Crippen molar-refractivity contribution < 1.29 is 14.2 Å². The van der Waals surface area contributed by atoms with Gasteiger partial charge in [-0.15, -0.1) is 0 Å². The number of hydrogen-bond donors (Lipinski definition) is 0. The molecule has 0 aliphatic carbocycles. The summed E-state index contributed by atoms with van der Waals surface area (Å²) in [6.45, 7) is 2.06. The van der Waals surface area contributed by atoms with Crippen LogP contribution in [0.1, 0.15) is 0 Å². The minimum absolute atomic E-state index is 0.426. The number of rotatable bonds is 7. The number of hydrogen-bond acceptors (Lipinski definition) is 5. The number of imidazole rings is 1. The monoisotopic (exact) mass is 315 g/mol. The van der Waals surface area contributed by atoms with Gasteiger partial charge >= 0.3 is 0 Å². The molecule has 98 valence electrons. The molecule has 18 heavy (non-hydrogen) atoms. The molecule has 2 aromatic heterocycles. The second-order valence-electron chi connectivity index (χ2n) is 3.48. The number of methoxy groups -OCH3 is 1. The topological polar surface area (TPSA) is 57.9 Å². The molecule has 0 atom stereocenters. The van der Waals surface area contributed by atoms with Crippen LogP contribution in [0.15, 0.2) is 23.2 Å². The van der Waals surface area contributed by atoms with Crippen LogP contribution in [0.4, 0.5) is 0 Å². The van der Waals surface area contributed by atoms with Crippen molar-refractivity contribution in [2.75, 3.05) is 33.5 Å². The van der Waals surface area contributed by atoms with E-state index in [1.807, 2.05) is 16.8 Å². The highest BCUT2D eigenvalue weighted by Crippen LogP contribution is 2.18. The summed E-state index contributed by atoms with van der Waals surface area (Å²) in [5.74, 6) is 0.490. The van der Waals surface area contributed by atoms with Crippen LogP contribution in [0.5, 0.6) is 5.88 Å². The molecular weight excluding hydrogens is 302 g/mol. The van der Waals surface area contributed by atoms with Crippen LogP contribution in [0.2, 0.25) is 0 Å². The zero-order chi connectivity index (χ0) is 12.8. The van der Waals surface area contributed by atoms with Gasteiger partial charge in [-0.2, -0.15) is 0 Å². The molecule has 0 bridgehead atoms. The molecule has 0 fully saturated rings. The van der Waals surface area contributed by atoms with E-state index in [0.29, 0.717) is 42.6 Å². The Hall–Kier alpha value is -1.18. The van der Waals surface area contributed by atoms with Gasteiger partial charge in [0, 0.05) is 25.7 Å². The predicted molar refractivity (Wildman–Crippen MR) is 68.9 cm³/mol. The fourth-order valence-corrected chi connectivity index (χ4v) is 1.79. The van der Waals surface area contributed by atoms with Crippen molar-refractivity contribution in [2.45, 2.75) is 0 Å². The van der Waals surface area contributed by atoms with Crippen molar-refractivity contribution >= 4 is 21.6 Å². The SMILES string of the molecule is COCCOCCOc1nc(Br)cn2ccnc12. The Labute approximate surface area is 113 Å². The van der Waals surface area contributed by atoms with Gasteiger partial charge < -0.3 is 14.2 Å². The Balaban J connectivity index is 1.89. The van der Waals surface area contributed by atoms with Crippen molar-refractivity contribution in [3.05, 3.63) is 23.2 Å². The first-order valence-electron chi connectivity index (χ1n) is 5.50. The second kappa shape index (κ2) is 6.67. The second-order valence-corrected chi connectivity index (χ2v) is 4.29. The lowest BCUT2D eigenvalue weighted by atomic mass is 10.6. The quantitative estimate of drug-likeness (QED) is 0.725. The Morgan fingerprint density at radius 2 is 2.11 bits per heavy atom. The maximum Gasteiger partial charge on any atom is 0.259 e. The standard InChI is InChI=1S/C11H14BrN3O3/c1-16-4-5-17-6-7-18-11-10-13-2-3-15(10)8-9(12)14-11/h2-3,8H,4-7H2,1H3. The lowest BCUT2D eigenvalue weighted by molar-refractivity contribution is 0.0538. The third kappa shape index (κ3) is 3.41. The van der Waals surface area contributed by atoms with E-state index in [1.165, 1.54) is 0 Å². The van der Waals surface area contributed by atoms with Gasteiger partial charge in [0.2, 0.25) is 5.65 Å². The molecule has 7 heteroatoms. The maximum atomic E-state index is 5.55. The predicted octanol–water partition coefficient (Wildman–Crippen LogP) is 1.53. The van der Waals surface area contributed by atoms with Gasteiger partial charge in [0.15, 0.2) is 0 Å². The van der Waals surface area contributed by atoms with Gasteiger partial charge in [-0.05, 0) is 15.9 Å². The zero-order valence-electron chi connectivity index (χ0n) is 10.0. The van der Waals surface area contributed by atoms with Crippen LogP contribution < -0.4 is 4.74 Å². The van der Waals surface area contributed by atoms with E-state index in [4.69, 9.17) is 14.2 Å². The third-order valence-electron chi connectivity index (χ3n) is 2.21. The van der Waals surface area contributed by atoms with Gasteiger partial charge in [-0.25, -0.2) is 9.97 Å². The largest absolute Gasteiger partial charge is 0.473 e. The van der Waals surface area contributed by atoms with E-state index in [-0.39, 0.29) is 0 Å². The summed E-state index contributed by atoms with van der Waals surface area (Å²) in [6.07, 6.45) is 5.36. The minimum Gasteiger partial charge on any atom is -0.473 e. The van der Waals surface area contributed by atoms with Crippen molar-refractivity contribution in [1.29, 1.82) is 0 Å². The Bertz CT molecular complexity index is 503. The lowest BCUT2D eigenvalue weighted by Crippen LogP contribution is -2.11. The van der Waals surface area contributed by atoms with Gasteiger partial charge in [0.05, 0.1) is 19.8 Å². The Kier molecular flexibility index (Phi) is 4.91. The Morgan fingerprint density at radius 1 is 1.28 bits per heavy atom. The number of aromatic nitrogens is 3. The number of nitrogens with zero attached hydrogens (tertiary/aromatic N) is 3. The van der Waals surface area contributed by atoms with Crippen molar-refractivity contribution in [1.82, 2.24) is 14.4 Å². The number of halogens is 1. The molecule has 0 radical (unpaired) electrons. The van der Waals surface area contributed by atoms with Crippen molar-refractivity contribution in [2.24, 2.45) is 0 Å². The maximum absolute atomic E-state index is 5.55. The van der Waals surface area contributed by atoms with Gasteiger partial charge in [-0.1, -0.05) is 0 Å². The molecule has 2 heterocycles. The van der Waals surface area contributed by atoms with E-state index >= 15 is 0 Å². The third-order valence-corrected chi connectivity index (χ3v) is 2.59. The average Bonchev–Trinajstić information content (AvgIpc) is 2.81. The summed E-state index contributed by atoms with van der Waals surface area (Å²) in [7, 11) is 1.64. The zero-order valence-corrected chi connectivity index (χ0v) is 11.6. The fourth-order valence-electron chi connectivity index (χ4n) is 1.41. The normalized spacial score (nSPS) is 11.0. The van der Waals surface area contributed by atoms with Crippen LogP contribution in [-0.4, -0.2) is 47.9 Å². The van der Waals surface area contributed by atoms with E-state index < -0.39 is 0 Å². The molecular formula is C11H14BrN3O3. The average molecular weight is 316 g/mol. The highest BCUT2D eigenvalue weighted by atomic mass is 79.9. The summed E-state index contributed by atoms with van der Waals surface area (Å²) in [5.41, 5.74) is 0.690. The first-order valence-corrected chi connectivity index (χ1v) is 6.29. The summed E-state index contributed by atoms with van der Waals surface area (Å²) >= 11 is 3.32. The van der Waals surface area contributed by atoms with Crippen LogP contribution in [-0.2, 0) is 9.47 Å². The summed E-state index contributed by atoms with van der Waals surface area (Å²) in [6, 6.07) is 0. The van der Waals surface area contributed by atoms with Crippen LogP contribution in [0.25, 0.3) is 5.65 Å². The minimum atomic E-state index is 0.426. The molecule has 0 saturated carbocycles. The van der Waals surface area contributed by atoms with E-state index in [1.54, 1.807) is 13.3 Å². The van der Waals surface area contributed by atoms with Crippen LogP contribution in [0, 0.1) is 0 Å². The molecule has 0 aliphatic heterocycles.